The van der Waals surface area contributed by atoms with Crippen molar-refractivity contribution in [2.45, 2.75) is 91.3 Å². The Morgan fingerprint density at radius 2 is 1.32 bits per heavy atom. The standard InChI is InChI=1S/C38H40N2O7/c1-3-13-39-15-11-35-28-20-5-7-24(41)31(28)46-33(35)22(9-10-37(35,44)26(39)17-20)23-19-38(45)27-18-21-6-8-25(42)32-29(21)36(38,34(47-32)30(23)43)12-16-40(27)14-4-2/h3-8,26-27,33-34,41-42,44-45H,1-2,9-19H2/b23-22-/t26?,27?,33?,34?,35-,36-,37+,38+/m0/s1. The van der Waals surface area contributed by atoms with Crippen molar-refractivity contribution in [3.05, 3.63) is 83.0 Å². The average molecular weight is 637 g/mol. The SMILES string of the molecule is C=CCN1CC[C@]23c4c5ccc(O)c4OC2C(=O)/C(=C2/CC[C@@]4(O)C6Cc7ccc(O)c8c7[C@@]4(CCN6CC=C)C2O8)C[C@@]3(O)C1C5. The molecule has 0 amide bonds. The first kappa shape index (κ1) is 28.4. The van der Waals surface area contributed by atoms with Crippen molar-refractivity contribution in [3.8, 4) is 23.0 Å². The lowest BCUT2D eigenvalue weighted by Crippen LogP contribution is -2.77. The third-order valence-corrected chi connectivity index (χ3v) is 13.8. The normalized spacial score (nSPS) is 41.9. The van der Waals surface area contributed by atoms with Crippen LogP contribution in [0.15, 0.2) is 60.7 Å². The molecule has 2 aromatic rings. The van der Waals surface area contributed by atoms with Crippen molar-refractivity contribution in [2.75, 3.05) is 26.2 Å². The Kier molecular flexibility index (Phi) is 5.36. The number of phenolic OH excluding ortho intramolecular Hbond substituents is 2. The number of hydrogen-bond acceptors (Lipinski definition) is 9. The number of phenols is 2. The first-order valence-corrected chi connectivity index (χ1v) is 17.1. The molecule has 10 rings (SSSR count). The van der Waals surface area contributed by atoms with Crippen LogP contribution in [-0.2, 0) is 28.5 Å². The van der Waals surface area contributed by atoms with Gasteiger partial charge in [0.05, 0.1) is 22.0 Å². The molecule has 4 fully saturated rings. The largest absolute Gasteiger partial charge is 0.504 e. The zero-order chi connectivity index (χ0) is 32.2. The second kappa shape index (κ2) is 8.88. The number of benzene rings is 2. The maximum absolute atomic E-state index is 15.0. The highest BCUT2D eigenvalue weighted by Gasteiger charge is 2.76. The minimum absolute atomic E-state index is 0.0115. The number of likely N-dealkylation sites (tertiary alicyclic amines) is 2. The lowest BCUT2D eigenvalue weighted by Gasteiger charge is -2.64. The molecule has 0 radical (unpaired) electrons. The van der Waals surface area contributed by atoms with E-state index in [1.54, 1.807) is 12.1 Å². The fraction of sp³-hybridized carbons (Fsp3) is 0.500. The number of Topliss-reactive ketones (excluding diaryl/α,β-unsaturated/α-hetero) is 1. The summed E-state index contributed by atoms with van der Waals surface area (Å²) in [5, 5.41) is 48.3. The summed E-state index contributed by atoms with van der Waals surface area (Å²) in [7, 11) is 0. The molecule has 4 aliphatic heterocycles. The van der Waals surface area contributed by atoms with Gasteiger partial charge in [-0.15, -0.1) is 13.2 Å². The lowest BCUT2D eigenvalue weighted by atomic mass is 9.46. The van der Waals surface area contributed by atoms with E-state index in [9.17, 15) is 25.2 Å². The summed E-state index contributed by atoms with van der Waals surface area (Å²) in [6.07, 6.45) is 5.38. The van der Waals surface area contributed by atoms with Gasteiger partial charge in [-0.05, 0) is 67.4 Å². The fourth-order valence-corrected chi connectivity index (χ4v) is 12.1. The van der Waals surface area contributed by atoms with Crippen molar-refractivity contribution >= 4 is 5.78 Å². The van der Waals surface area contributed by atoms with Gasteiger partial charge in [0.1, 0.15) is 6.10 Å². The van der Waals surface area contributed by atoms with Crippen LogP contribution in [-0.4, -0.2) is 97.7 Å². The number of hydrogen-bond donors (Lipinski definition) is 4. The smallest absolute Gasteiger partial charge is 0.200 e. The van der Waals surface area contributed by atoms with Crippen molar-refractivity contribution in [2.24, 2.45) is 0 Å². The number of carbonyl (C=O) groups excluding carboxylic acids is 1. The summed E-state index contributed by atoms with van der Waals surface area (Å²) in [5.41, 5.74) is 0.708. The van der Waals surface area contributed by atoms with Gasteiger partial charge in [0.25, 0.3) is 0 Å². The zero-order valence-corrected chi connectivity index (χ0v) is 26.4. The van der Waals surface area contributed by atoms with Crippen LogP contribution >= 0.6 is 0 Å². The van der Waals surface area contributed by atoms with Crippen LogP contribution in [0.5, 0.6) is 23.0 Å². The molecule has 2 saturated carbocycles. The summed E-state index contributed by atoms with van der Waals surface area (Å²) in [6.45, 7) is 10.6. The predicted molar refractivity (Wildman–Crippen MR) is 172 cm³/mol. The van der Waals surface area contributed by atoms with Crippen LogP contribution in [0.2, 0.25) is 0 Å². The molecular formula is C38H40N2O7. The summed E-state index contributed by atoms with van der Waals surface area (Å²) >= 11 is 0. The third kappa shape index (κ3) is 2.94. The van der Waals surface area contributed by atoms with E-state index in [4.69, 9.17) is 9.47 Å². The van der Waals surface area contributed by atoms with Crippen LogP contribution in [0.3, 0.4) is 0 Å². The van der Waals surface area contributed by atoms with Gasteiger partial charge in [-0.1, -0.05) is 24.3 Å². The molecule has 2 saturated heterocycles. The number of rotatable bonds is 4. The van der Waals surface area contributed by atoms with Gasteiger partial charge >= 0.3 is 0 Å². The number of carbonyl (C=O) groups is 1. The van der Waals surface area contributed by atoms with Gasteiger partial charge in [-0.3, -0.25) is 14.6 Å². The third-order valence-electron chi connectivity index (χ3n) is 13.8. The average Bonchev–Trinajstić information content (AvgIpc) is 3.59. The minimum Gasteiger partial charge on any atom is -0.504 e. The highest BCUT2D eigenvalue weighted by Crippen LogP contribution is 2.69. The molecule has 8 atom stereocenters. The van der Waals surface area contributed by atoms with Gasteiger partial charge in [0.2, 0.25) is 5.78 Å². The number of ketones is 1. The van der Waals surface area contributed by atoms with Crippen molar-refractivity contribution in [3.63, 3.8) is 0 Å². The number of aromatic hydroxyl groups is 2. The molecule has 9 heteroatoms. The van der Waals surface area contributed by atoms with E-state index in [-0.39, 0.29) is 35.8 Å². The minimum atomic E-state index is -1.35. The van der Waals surface area contributed by atoms with E-state index in [0.717, 1.165) is 34.4 Å². The van der Waals surface area contributed by atoms with Crippen LogP contribution in [0.25, 0.3) is 0 Å². The molecule has 9 nitrogen and oxygen atoms in total. The van der Waals surface area contributed by atoms with E-state index in [1.807, 2.05) is 24.3 Å². The second-order valence-corrected chi connectivity index (χ2v) is 15.2. The summed E-state index contributed by atoms with van der Waals surface area (Å²) < 4.78 is 13.3. The van der Waals surface area contributed by atoms with E-state index < -0.39 is 34.2 Å². The summed E-state index contributed by atoms with van der Waals surface area (Å²) in [4.78, 5) is 19.6. The van der Waals surface area contributed by atoms with E-state index in [2.05, 4.69) is 23.0 Å². The van der Waals surface area contributed by atoms with Crippen LogP contribution < -0.4 is 9.47 Å². The Morgan fingerprint density at radius 1 is 0.787 bits per heavy atom. The molecular weight excluding hydrogens is 596 g/mol. The van der Waals surface area contributed by atoms with Gasteiger partial charge in [-0.25, -0.2) is 0 Å². The maximum Gasteiger partial charge on any atom is 0.200 e. The molecule has 4 heterocycles. The first-order valence-electron chi connectivity index (χ1n) is 17.1. The molecule has 2 aromatic carbocycles. The highest BCUT2D eigenvalue weighted by atomic mass is 16.5. The Bertz CT molecular complexity index is 1870. The molecule has 4 bridgehead atoms. The molecule has 47 heavy (non-hydrogen) atoms. The van der Waals surface area contributed by atoms with Crippen molar-refractivity contribution < 1.29 is 34.7 Å². The van der Waals surface area contributed by atoms with E-state index in [0.29, 0.717) is 75.2 Å². The highest BCUT2D eigenvalue weighted by molar-refractivity contribution is 6.04. The van der Waals surface area contributed by atoms with E-state index in [1.165, 1.54) is 0 Å². The van der Waals surface area contributed by atoms with Gasteiger partial charge in [0, 0.05) is 61.4 Å². The number of ether oxygens (including phenoxy) is 2. The van der Waals surface area contributed by atoms with Crippen LogP contribution in [0, 0.1) is 0 Å². The Morgan fingerprint density at radius 3 is 1.89 bits per heavy atom. The zero-order valence-electron chi connectivity index (χ0n) is 26.4. The molecule has 244 valence electrons. The Labute approximate surface area is 273 Å². The lowest BCUT2D eigenvalue weighted by molar-refractivity contribution is -0.181. The summed E-state index contributed by atoms with van der Waals surface area (Å²) in [6, 6.07) is 6.73. The number of piperidine rings is 2. The Balaban J connectivity index is 1.18. The second-order valence-electron chi connectivity index (χ2n) is 15.2. The maximum atomic E-state index is 15.0. The van der Waals surface area contributed by atoms with Crippen molar-refractivity contribution in [1.29, 1.82) is 0 Å². The predicted octanol–water partition coefficient (Wildman–Crippen LogP) is 2.95. The molecule has 0 aromatic heterocycles. The first-order chi connectivity index (χ1) is 22.6. The molecule has 8 aliphatic rings. The monoisotopic (exact) mass is 636 g/mol. The molecule has 4 aliphatic carbocycles. The van der Waals surface area contributed by atoms with Crippen molar-refractivity contribution in [1.82, 2.24) is 9.80 Å². The number of nitrogens with zero attached hydrogens (tertiary/aromatic N) is 2. The molecule has 2 spiro atoms. The Hall–Kier alpha value is -3.63. The van der Waals surface area contributed by atoms with E-state index >= 15 is 0 Å². The molecule has 4 unspecified atom stereocenters. The summed E-state index contributed by atoms with van der Waals surface area (Å²) in [5.74, 6) is 0.583. The topological polar surface area (TPSA) is 123 Å². The van der Waals surface area contributed by atoms with Gasteiger partial charge < -0.3 is 29.9 Å². The fourth-order valence-electron chi connectivity index (χ4n) is 12.1. The van der Waals surface area contributed by atoms with Gasteiger partial charge in [0.15, 0.2) is 29.1 Å². The van der Waals surface area contributed by atoms with Gasteiger partial charge in [-0.2, -0.15) is 0 Å². The molecule has 4 N–H and O–H groups in total. The number of aliphatic hydroxyl groups is 2. The van der Waals surface area contributed by atoms with Crippen LogP contribution in [0.1, 0.15) is 54.4 Å². The quantitative estimate of drug-likeness (QED) is 0.297. The van der Waals surface area contributed by atoms with Crippen LogP contribution in [0.4, 0.5) is 0 Å².